The van der Waals surface area contributed by atoms with Crippen LogP contribution in [0.25, 0.3) is 0 Å². The Morgan fingerprint density at radius 1 is 1.50 bits per heavy atom. The molecule has 0 spiro atoms. The van der Waals surface area contributed by atoms with Crippen LogP contribution in [-0.2, 0) is 4.74 Å². The van der Waals surface area contributed by atoms with E-state index in [9.17, 15) is 18.0 Å². The first-order valence-corrected chi connectivity index (χ1v) is 4.33. The molecule has 0 atom stereocenters. The maximum Gasteiger partial charge on any atom is 0.422 e. The van der Waals surface area contributed by atoms with E-state index >= 15 is 0 Å². The molecule has 1 aliphatic carbocycles. The van der Waals surface area contributed by atoms with Gasteiger partial charge in [0.1, 0.15) is 0 Å². The van der Waals surface area contributed by atoms with Crippen LogP contribution in [0.15, 0.2) is 0 Å². The maximum absolute atomic E-state index is 11.7. The Hall–Kier alpha value is -0.940. The van der Waals surface area contributed by atoms with E-state index in [0.717, 1.165) is 12.8 Å². The number of alkyl halides is 3. The van der Waals surface area contributed by atoms with Gasteiger partial charge in [-0.2, -0.15) is 13.2 Å². The molecule has 0 bridgehead atoms. The van der Waals surface area contributed by atoms with E-state index in [2.05, 4.69) is 4.74 Å². The molecule has 0 saturated heterocycles. The summed E-state index contributed by atoms with van der Waals surface area (Å²) in [7, 11) is 1.44. The molecule has 1 amide bonds. The third kappa shape index (κ3) is 4.34. The van der Waals surface area contributed by atoms with Crippen LogP contribution in [0.1, 0.15) is 12.8 Å². The summed E-state index contributed by atoms with van der Waals surface area (Å²) in [6.45, 7) is -1.03. The molecular weight excluding hydrogens is 199 g/mol. The molecule has 1 rings (SSSR count). The van der Waals surface area contributed by atoms with Crippen molar-refractivity contribution in [3.63, 3.8) is 0 Å². The van der Waals surface area contributed by atoms with Crippen LogP contribution in [0, 0.1) is 5.92 Å². The van der Waals surface area contributed by atoms with Gasteiger partial charge in [0, 0.05) is 13.6 Å². The van der Waals surface area contributed by atoms with Crippen LogP contribution >= 0.6 is 0 Å². The van der Waals surface area contributed by atoms with Crippen molar-refractivity contribution in [2.45, 2.75) is 19.0 Å². The van der Waals surface area contributed by atoms with Crippen molar-refractivity contribution in [3.8, 4) is 0 Å². The van der Waals surface area contributed by atoms with E-state index in [0.29, 0.717) is 12.5 Å². The molecule has 3 nitrogen and oxygen atoms in total. The molecule has 1 fully saturated rings. The Balaban J connectivity index is 2.19. The number of hydrogen-bond acceptors (Lipinski definition) is 2. The van der Waals surface area contributed by atoms with Gasteiger partial charge in [0.15, 0.2) is 6.61 Å². The predicted molar refractivity (Wildman–Crippen MR) is 42.8 cm³/mol. The highest BCUT2D eigenvalue weighted by Crippen LogP contribution is 2.29. The topological polar surface area (TPSA) is 29.5 Å². The lowest BCUT2D eigenvalue weighted by atomic mass is 10.4. The number of hydrogen-bond donors (Lipinski definition) is 0. The molecule has 1 aliphatic rings. The van der Waals surface area contributed by atoms with Gasteiger partial charge in [0.05, 0.1) is 0 Å². The Kier molecular flexibility index (Phi) is 3.23. The highest BCUT2D eigenvalue weighted by Gasteiger charge is 2.31. The fourth-order valence-electron chi connectivity index (χ4n) is 1.02. The maximum atomic E-state index is 11.7. The van der Waals surface area contributed by atoms with Gasteiger partial charge in [-0.3, -0.25) is 0 Å². The Bertz CT molecular complexity index is 213. The van der Waals surface area contributed by atoms with Gasteiger partial charge in [0.25, 0.3) is 0 Å². The van der Waals surface area contributed by atoms with E-state index in [1.807, 2.05) is 0 Å². The molecule has 0 heterocycles. The molecule has 0 aliphatic heterocycles. The van der Waals surface area contributed by atoms with Crippen LogP contribution in [-0.4, -0.2) is 37.4 Å². The lowest BCUT2D eigenvalue weighted by molar-refractivity contribution is -0.162. The molecule has 14 heavy (non-hydrogen) atoms. The average Bonchev–Trinajstić information content (AvgIpc) is 2.82. The largest absolute Gasteiger partial charge is 0.440 e. The van der Waals surface area contributed by atoms with Gasteiger partial charge >= 0.3 is 12.3 Å². The molecule has 0 N–H and O–H groups in total. The molecule has 82 valence electrons. The number of carbonyl (C=O) groups is 1. The quantitative estimate of drug-likeness (QED) is 0.714. The second kappa shape index (κ2) is 4.06. The molecule has 0 aromatic carbocycles. The zero-order chi connectivity index (χ0) is 10.8. The van der Waals surface area contributed by atoms with Crippen molar-refractivity contribution >= 4 is 6.09 Å². The third-order valence-corrected chi connectivity index (χ3v) is 1.90. The zero-order valence-corrected chi connectivity index (χ0v) is 7.80. The average molecular weight is 211 g/mol. The van der Waals surface area contributed by atoms with Crippen molar-refractivity contribution in [1.29, 1.82) is 0 Å². The monoisotopic (exact) mass is 211 g/mol. The summed E-state index contributed by atoms with van der Waals surface area (Å²) in [5.74, 6) is 0.443. The van der Waals surface area contributed by atoms with Crippen LogP contribution in [0.2, 0.25) is 0 Å². The Labute approximate surface area is 79.8 Å². The second-order valence-corrected chi connectivity index (χ2v) is 3.49. The van der Waals surface area contributed by atoms with Crippen LogP contribution < -0.4 is 0 Å². The Morgan fingerprint density at radius 3 is 2.50 bits per heavy atom. The fourth-order valence-corrected chi connectivity index (χ4v) is 1.02. The lowest BCUT2D eigenvalue weighted by Crippen LogP contribution is -2.32. The van der Waals surface area contributed by atoms with E-state index < -0.39 is 18.9 Å². The van der Waals surface area contributed by atoms with Crippen LogP contribution in [0.5, 0.6) is 0 Å². The number of rotatable bonds is 3. The van der Waals surface area contributed by atoms with Gasteiger partial charge in [-0.1, -0.05) is 0 Å². The first kappa shape index (κ1) is 11.1. The standard InChI is InChI=1S/C8H12F3NO2/c1-12(4-6-2-3-6)7(13)14-5-8(9,10)11/h6H,2-5H2,1H3. The summed E-state index contributed by atoms with van der Waals surface area (Å²) < 4.78 is 39.0. The first-order chi connectivity index (χ1) is 6.38. The zero-order valence-electron chi connectivity index (χ0n) is 7.80. The number of ether oxygens (including phenoxy) is 1. The summed E-state index contributed by atoms with van der Waals surface area (Å²) in [5, 5.41) is 0. The SMILES string of the molecule is CN(CC1CC1)C(=O)OCC(F)(F)F. The normalized spacial score (nSPS) is 16.6. The van der Waals surface area contributed by atoms with Crippen LogP contribution in [0.3, 0.4) is 0 Å². The lowest BCUT2D eigenvalue weighted by Gasteiger charge is -2.17. The minimum absolute atomic E-state index is 0.443. The van der Waals surface area contributed by atoms with Gasteiger partial charge in [-0.05, 0) is 18.8 Å². The van der Waals surface area contributed by atoms with Crippen LogP contribution in [0.4, 0.5) is 18.0 Å². The smallest absolute Gasteiger partial charge is 0.422 e. The van der Waals surface area contributed by atoms with Gasteiger partial charge < -0.3 is 9.64 Å². The predicted octanol–water partition coefficient (Wildman–Crippen LogP) is 2.03. The molecular formula is C8H12F3NO2. The van der Waals surface area contributed by atoms with Crippen molar-refractivity contribution in [2.75, 3.05) is 20.2 Å². The summed E-state index contributed by atoms with van der Waals surface area (Å²) in [5.41, 5.74) is 0. The summed E-state index contributed by atoms with van der Waals surface area (Å²) in [6.07, 6.45) is -3.28. The molecule has 0 aromatic heterocycles. The third-order valence-electron chi connectivity index (χ3n) is 1.90. The minimum Gasteiger partial charge on any atom is -0.440 e. The molecule has 0 unspecified atom stereocenters. The second-order valence-electron chi connectivity index (χ2n) is 3.49. The first-order valence-electron chi connectivity index (χ1n) is 4.33. The van der Waals surface area contributed by atoms with Gasteiger partial charge in [-0.25, -0.2) is 4.79 Å². The van der Waals surface area contributed by atoms with Gasteiger partial charge in [0.2, 0.25) is 0 Å². The summed E-state index contributed by atoms with van der Waals surface area (Å²) >= 11 is 0. The summed E-state index contributed by atoms with van der Waals surface area (Å²) in [6, 6.07) is 0. The van der Waals surface area contributed by atoms with Crippen molar-refractivity contribution < 1.29 is 22.7 Å². The van der Waals surface area contributed by atoms with E-state index in [1.54, 1.807) is 0 Å². The van der Waals surface area contributed by atoms with Crippen molar-refractivity contribution in [2.24, 2.45) is 5.92 Å². The fraction of sp³-hybridized carbons (Fsp3) is 0.875. The van der Waals surface area contributed by atoms with Crippen molar-refractivity contribution in [1.82, 2.24) is 4.90 Å². The number of carbonyl (C=O) groups excluding carboxylic acids is 1. The minimum atomic E-state index is -4.45. The molecule has 0 aromatic rings. The number of nitrogens with zero attached hydrogens (tertiary/aromatic N) is 1. The van der Waals surface area contributed by atoms with E-state index in [1.165, 1.54) is 11.9 Å². The van der Waals surface area contributed by atoms with E-state index in [-0.39, 0.29) is 0 Å². The number of halogens is 3. The molecule has 1 saturated carbocycles. The highest BCUT2D eigenvalue weighted by molar-refractivity contribution is 5.67. The Morgan fingerprint density at radius 2 is 2.07 bits per heavy atom. The van der Waals surface area contributed by atoms with Crippen molar-refractivity contribution in [3.05, 3.63) is 0 Å². The van der Waals surface area contributed by atoms with E-state index in [4.69, 9.17) is 0 Å². The highest BCUT2D eigenvalue weighted by atomic mass is 19.4. The van der Waals surface area contributed by atoms with Gasteiger partial charge in [-0.15, -0.1) is 0 Å². The molecule has 6 heteroatoms. The summed E-state index contributed by atoms with van der Waals surface area (Å²) in [4.78, 5) is 12.1. The molecule has 0 radical (unpaired) electrons. The number of amides is 1.